The van der Waals surface area contributed by atoms with Gasteiger partial charge in [-0.2, -0.15) is 0 Å². The van der Waals surface area contributed by atoms with Crippen molar-refractivity contribution in [2.75, 3.05) is 19.6 Å². The van der Waals surface area contributed by atoms with E-state index in [1.165, 1.54) is 0 Å². The third kappa shape index (κ3) is 2.23. The molecule has 0 bridgehead atoms. The summed E-state index contributed by atoms with van der Waals surface area (Å²) in [4.78, 5) is 18.2. The Labute approximate surface area is 107 Å². The minimum atomic E-state index is -0.536. The fourth-order valence-electron chi connectivity index (χ4n) is 2.49. The van der Waals surface area contributed by atoms with Crippen LogP contribution in [0.4, 0.5) is 0 Å². The van der Waals surface area contributed by atoms with E-state index < -0.39 is 5.54 Å². The fourth-order valence-corrected chi connectivity index (χ4v) is 2.49. The molecule has 1 fully saturated rings. The maximum absolute atomic E-state index is 12.0. The van der Waals surface area contributed by atoms with Crippen LogP contribution in [0.1, 0.15) is 25.5 Å². The molecule has 3 N–H and O–H groups in total. The first-order valence-electron chi connectivity index (χ1n) is 6.22. The molecule has 0 radical (unpaired) electrons. The molecule has 1 aromatic heterocycles. The number of nitrogens with zero attached hydrogens (tertiary/aromatic N) is 2. The minimum absolute atomic E-state index is 0.0500. The van der Waals surface area contributed by atoms with Crippen LogP contribution in [0, 0.1) is 0 Å². The highest BCUT2D eigenvalue weighted by atomic mass is 16.2. The number of rotatable bonds is 3. The van der Waals surface area contributed by atoms with Crippen LogP contribution in [0.15, 0.2) is 24.5 Å². The van der Waals surface area contributed by atoms with E-state index in [0.717, 1.165) is 12.1 Å². The van der Waals surface area contributed by atoms with Gasteiger partial charge in [0, 0.05) is 38.1 Å². The van der Waals surface area contributed by atoms with Crippen LogP contribution in [0.2, 0.25) is 0 Å². The monoisotopic (exact) mass is 248 g/mol. The molecule has 0 saturated carbocycles. The highest BCUT2D eigenvalue weighted by Gasteiger charge is 2.41. The Morgan fingerprint density at radius 3 is 2.78 bits per heavy atom. The van der Waals surface area contributed by atoms with Crippen LogP contribution in [0.3, 0.4) is 0 Å². The number of amides is 1. The van der Waals surface area contributed by atoms with Crippen LogP contribution >= 0.6 is 0 Å². The van der Waals surface area contributed by atoms with Gasteiger partial charge in [0.1, 0.15) is 0 Å². The predicted molar refractivity (Wildman–Crippen MR) is 69.8 cm³/mol. The molecule has 2 rings (SSSR count). The Morgan fingerprint density at radius 2 is 2.17 bits per heavy atom. The maximum atomic E-state index is 12.0. The summed E-state index contributed by atoms with van der Waals surface area (Å²) >= 11 is 0. The predicted octanol–water partition coefficient (Wildman–Crippen LogP) is 0.292. The Kier molecular flexibility index (Phi) is 3.63. The van der Waals surface area contributed by atoms with Crippen molar-refractivity contribution in [3.8, 4) is 0 Å². The molecule has 5 nitrogen and oxygen atoms in total. The summed E-state index contributed by atoms with van der Waals surface area (Å²) in [6.45, 7) is 5.84. The number of aromatic nitrogens is 1. The Bertz CT molecular complexity index is 418. The summed E-state index contributed by atoms with van der Waals surface area (Å²) in [5.41, 5.74) is 6.48. The Balaban J connectivity index is 2.30. The zero-order valence-electron chi connectivity index (χ0n) is 10.9. The SMILES string of the molecule is CC1(C)C(=O)NCCN1C(CN)c1ccncc1. The minimum Gasteiger partial charge on any atom is -0.353 e. The van der Waals surface area contributed by atoms with Gasteiger partial charge in [0.05, 0.1) is 5.54 Å². The quantitative estimate of drug-likeness (QED) is 0.806. The van der Waals surface area contributed by atoms with Crippen molar-refractivity contribution in [1.82, 2.24) is 15.2 Å². The lowest BCUT2D eigenvalue weighted by Gasteiger charge is -2.45. The van der Waals surface area contributed by atoms with Crippen molar-refractivity contribution in [3.63, 3.8) is 0 Å². The number of piperazine rings is 1. The van der Waals surface area contributed by atoms with E-state index in [2.05, 4.69) is 15.2 Å². The highest BCUT2D eigenvalue weighted by molar-refractivity contribution is 5.86. The van der Waals surface area contributed by atoms with Crippen molar-refractivity contribution in [3.05, 3.63) is 30.1 Å². The topological polar surface area (TPSA) is 71.2 Å². The zero-order valence-corrected chi connectivity index (χ0v) is 10.9. The number of carbonyl (C=O) groups excluding carboxylic acids is 1. The molecule has 0 aliphatic carbocycles. The third-order valence-corrected chi connectivity index (χ3v) is 3.60. The standard InChI is InChI=1S/C13H20N4O/c1-13(2)12(18)16-7-8-17(13)11(9-14)10-3-5-15-6-4-10/h3-6,11H,7-9,14H2,1-2H3,(H,16,18). The van der Waals surface area contributed by atoms with Crippen LogP contribution in [-0.4, -0.2) is 41.0 Å². The van der Waals surface area contributed by atoms with Crippen LogP contribution < -0.4 is 11.1 Å². The molecule has 1 aliphatic rings. The van der Waals surface area contributed by atoms with Gasteiger partial charge < -0.3 is 11.1 Å². The third-order valence-electron chi connectivity index (χ3n) is 3.60. The molecule has 0 spiro atoms. The fraction of sp³-hybridized carbons (Fsp3) is 0.538. The number of pyridine rings is 1. The summed E-state index contributed by atoms with van der Waals surface area (Å²) in [5, 5.41) is 2.90. The van der Waals surface area contributed by atoms with Crippen molar-refractivity contribution < 1.29 is 4.79 Å². The van der Waals surface area contributed by atoms with E-state index in [1.807, 2.05) is 26.0 Å². The first-order chi connectivity index (χ1) is 8.57. The van der Waals surface area contributed by atoms with E-state index in [4.69, 9.17) is 5.73 Å². The second-order valence-electron chi connectivity index (χ2n) is 5.04. The zero-order chi connectivity index (χ0) is 13.2. The van der Waals surface area contributed by atoms with Crippen molar-refractivity contribution in [1.29, 1.82) is 0 Å². The molecule has 98 valence electrons. The molecule has 1 saturated heterocycles. The van der Waals surface area contributed by atoms with Gasteiger partial charge >= 0.3 is 0 Å². The second-order valence-corrected chi connectivity index (χ2v) is 5.04. The summed E-state index contributed by atoms with van der Waals surface area (Å²) in [6, 6.07) is 3.97. The molecule has 1 aromatic rings. The van der Waals surface area contributed by atoms with Crippen molar-refractivity contribution in [2.45, 2.75) is 25.4 Å². The van der Waals surface area contributed by atoms with Gasteiger partial charge in [-0.15, -0.1) is 0 Å². The molecular formula is C13H20N4O. The number of hydrogen-bond donors (Lipinski definition) is 2. The molecule has 2 heterocycles. The number of nitrogens with two attached hydrogens (primary N) is 1. The van der Waals surface area contributed by atoms with Gasteiger partial charge in [0.25, 0.3) is 0 Å². The van der Waals surface area contributed by atoms with Gasteiger partial charge in [0.2, 0.25) is 5.91 Å². The van der Waals surface area contributed by atoms with Crippen LogP contribution in [-0.2, 0) is 4.79 Å². The lowest BCUT2D eigenvalue weighted by atomic mass is 9.94. The van der Waals surface area contributed by atoms with Gasteiger partial charge in [-0.05, 0) is 31.5 Å². The van der Waals surface area contributed by atoms with E-state index in [1.54, 1.807) is 12.4 Å². The Hall–Kier alpha value is -1.46. The smallest absolute Gasteiger partial charge is 0.240 e. The summed E-state index contributed by atoms with van der Waals surface area (Å²) in [7, 11) is 0. The Morgan fingerprint density at radius 1 is 1.50 bits per heavy atom. The normalized spacial score (nSPS) is 21.4. The van der Waals surface area contributed by atoms with E-state index in [-0.39, 0.29) is 11.9 Å². The molecule has 0 aromatic carbocycles. The first-order valence-corrected chi connectivity index (χ1v) is 6.22. The molecule has 1 unspecified atom stereocenters. The maximum Gasteiger partial charge on any atom is 0.240 e. The van der Waals surface area contributed by atoms with Gasteiger partial charge in [-0.25, -0.2) is 0 Å². The molecule has 18 heavy (non-hydrogen) atoms. The molecule has 1 atom stereocenters. The van der Waals surface area contributed by atoms with Gasteiger partial charge in [0.15, 0.2) is 0 Å². The summed E-state index contributed by atoms with van der Waals surface area (Å²) in [5.74, 6) is 0.0567. The van der Waals surface area contributed by atoms with Gasteiger partial charge in [-0.3, -0.25) is 14.7 Å². The largest absolute Gasteiger partial charge is 0.353 e. The lowest BCUT2D eigenvalue weighted by Crippen LogP contribution is -2.63. The number of hydrogen-bond acceptors (Lipinski definition) is 4. The summed E-state index contributed by atoms with van der Waals surface area (Å²) in [6.07, 6.45) is 3.52. The number of nitrogens with one attached hydrogen (secondary N) is 1. The number of carbonyl (C=O) groups is 1. The van der Waals surface area contributed by atoms with Crippen molar-refractivity contribution in [2.24, 2.45) is 5.73 Å². The van der Waals surface area contributed by atoms with E-state index >= 15 is 0 Å². The van der Waals surface area contributed by atoms with Crippen LogP contribution in [0.5, 0.6) is 0 Å². The second kappa shape index (κ2) is 5.04. The molecule has 5 heteroatoms. The van der Waals surface area contributed by atoms with Crippen molar-refractivity contribution >= 4 is 5.91 Å². The first kappa shape index (κ1) is 13.0. The van der Waals surface area contributed by atoms with E-state index in [9.17, 15) is 4.79 Å². The van der Waals surface area contributed by atoms with Crippen LogP contribution in [0.25, 0.3) is 0 Å². The lowest BCUT2D eigenvalue weighted by molar-refractivity contribution is -0.137. The van der Waals surface area contributed by atoms with E-state index in [0.29, 0.717) is 13.1 Å². The average molecular weight is 248 g/mol. The van der Waals surface area contributed by atoms with Gasteiger partial charge in [-0.1, -0.05) is 0 Å². The highest BCUT2D eigenvalue weighted by Crippen LogP contribution is 2.28. The summed E-state index contributed by atoms with van der Waals surface area (Å²) < 4.78 is 0. The average Bonchev–Trinajstić information content (AvgIpc) is 2.37. The molecular weight excluding hydrogens is 228 g/mol. The molecule has 1 aliphatic heterocycles. The molecule has 1 amide bonds.